The zero-order chi connectivity index (χ0) is 19.1. The molecule has 0 radical (unpaired) electrons. The fourth-order valence-corrected chi connectivity index (χ4v) is 3.17. The molecule has 3 aromatic rings. The SMILES string of the molecule is CCCCCc1ccc(-c2cc3cn(CCOCP[O-])c(=O)nc3o2)cc1. The topological polar surface area (TPSA) is 80.3 Å². The van der Waals surface area contributed by atoms with Crippen LogP contribution in [0.1, 0.15) is 31.7 Å². The number of aryl methyl sites for hydroxylation is 1. The number of ether oxygens (including phenoxy) is 1. The lowest BCUT2D eigenvalue weighted by Gasteiger charge is -2.07. The molecule has 0 saturated carbocycles. The number of hydrogen-bond donors (Lipinski definition) is 0. The summed E-state index contributed by atoms with van der Waals surface area (Å²) >= 11 is 0. The summed E-state index contributed by atoms with van der Waals surface area (Å²) in [5.41, 5.74) is 2.23. The van der Waals surface area contributed by atoms with E-state index >= 15 is 0 Å². The van der Waals surface area contributed by atoms with Gasteiger partial charge in [-0.3, -0.25) is 4.57 Å². The maximum atomic E-state index is 12.1. The summed E-state index contributed by atoms with van der Waals surface area (Å²) < 4.78 is 12.4. The number of aromatic nitrogens is 2. The molecule has 2 aromatic heterocycles. The number of nitrogens with zero attached hydrogens (tertiary/aromatic N) is 2. The minimum absolute atomic E-state index is 0.175. The van der Waals surface area contributed by atoms with Crippen LogP contribution < -0.4 is 10.6 Å². The Bertz CT molecular complexity index is 918. The summed E-state index contributed by atoms with van der Waals surface area (Å²) in [6.45, 7) is 2.88. The summed E-state index contributed by atoms with van der Waals surface area (Å²) in [7, 11) is -0.498. The van der Waals surface area contributed by atoms with Crippen LogP contribution in [0.5, 0.6) is 0 Å². The molecule has 27 heavy (non-hydrogen) atoms. The van der Waals surface area contributed by atoms with Gasteiger partial charge in [0.15, 0.2) is 0 Å². The highest BCUT2D eigenvalue weighted by Crippen LogP contribution is 2.26. The predicted molar refractivity (Wildman–Crippen MR) is 106 cm³/mol. The first-order chi connectivity index (χ1) is 13.2. The van der Waals surface area contributed by atoms with Gasteiger partial charge in [0.05, 0.1) is 18.5 Å². The van der Waals surface area contributed by atoms with Crippen molar-refractivity contribution in [3.63, 3.8) is 0 Å². The van der Waals surface area contributed by atoms with E-state index in [-0.39, 0.29) is 12.0 Å². The number of rotatable bonds is 10. The Morgan fingerprint density at radius 3 is 2.81 bits per heavy atom. The van der Waals surface area contributed by atoms with E-state index in [4.69, 9.17) is 9.15 Å². The fourth-order valence-electron chi connectivity index (χ4n) is 2.94. The number of fused-ring (bicyclic) bond motifs is 1. The van der Waals surface area contributed by atoms with Crippen LogP contribution in [0.3, 0.4) is 0 Å². The molecule has 1 aromatic carbocycles. The van der Waals surface area contributed by atoms with Crippen LogP contribution in [-0.4, -0.2) is 22.5 Å². The third kappa shape index (κ3) is 5.25. The van der Waals surface area contributed by atoms with Gasteiger partial charge in [-0.05, 0) is 24.5 Å². The van der Waals surface area contributed by atoms with Crippen LogP contribution >= 0.6 is 8.81 Å². The van der Waals surface area contributed by atoms with Crippen LogP contribution in [-0.2, 0) is 17.7 Å². The number of hydrogen-bond acceptors (Lipinski definition) is 5. The Kier molecular flexibility index (Phi) is 7.16. The molecule has 0 saturated heterocycles. The second-order valence-corrected chi connectivity index (χ2v) is 7.02. The molecular weight excluding hydrogens is 363 g/mol. The Labute approximate surface area is 160 Å². The molecule has 0 spiro atoms. The van der Waals surface area contributed by atoms with Crippen molar-refractivity contribution in [1.29, 1.82) is 0 Å². The molecule has 0 aliphatic carbocycles. The minimum atomic E-state index is -0.498. The first-order valence-electron chi connectivity index (χ1n) is 9.24. The molecular formula is C20H24N2O4P-. The molecule has 0 aliphatic rings. The average Bonchev–Trinajstić information content (AvgIpc) is 3.08. The van der Waals surface area contributed by atoms with Crippen molar-refractivity contribution >= 4 is 19.9 Å². The largest absolute Gasteiger partial charge is 0.830 e. The van der Waals surface area contributed by atoms with Gasteiger partial charge in [0.1, 0.15) is 5.76 Å². The summed E-state index contributed by atoms with van der Waals surface area (Å²) in [5, 5.41) is 0.766. The fraction of sp³-hybridized carbons (Fsp3) is 0.400. The standard InChI is InChI=1S/C20H24N2O4P/c1-2-3-4-5-15-6-8-16(9-7-15)18-12-17-13-22(10-11-25-14-27-24)20(23)21-19(17)26-18/h6-9,12-13,27H,2-5,10-11,14H2,1H3/q-1. The quantitative estimate of drug-likeness (QED) is 0.394. The molecule has 144 valence electrons. The van der Waals surface area contributed by atoms with Crippen LogP contribution in [0, 0.1) is 0 Å². The predicted octanol–water partition coefficient (Wildman–Crippen LogP) is 3.32. The van der Waals surface area contributed by atoms with E-state index in [0.717, 1.165) is 17.4 Å². The van der Waals surface area contributed by atoms with Gasteiger partial charge in [-0.1, -0.05) is 44.0 Å². The molecule has 0 bridgehead atoms. The third-order valence-electron chi connectivity index (χ3n) is 4.42. The van der Waals surface area contributed by atoms with Gasteiger partial charge in [-0.15, -0.1) is 0 Å². The maximum absolute atomic E-state index is 12.1. The Morgan fingerprint density at radius 2 is 2.07 bits per heavy atom. The average molecular weight is 387 g/mol. The van der Waals surface area contributed by atoms with Gasteiger partial charge in [-0.2, -0.15) is 13.8 Å². The van der Waals surface area contributed by atoms with E-state index in [1.165, 1.54) is 29.4 Å². The van der Waals surface area contributed by atoms with Crippen LogP contribution in [0.15, 0.2) is 45.7 Å². The van der Waals surface area contributed by atoms with Crippen molar-refractivity contribution in [1.82, 2.24) is 9.55 Å². The second-order valence-electron chi connectivity index (χ2n) is 6.44. The number of furan rings is 1. The first-order valence-corrected chi connectivity index (χ1v) is 10.4. The number of benzene rings is 1. The lowest BCUT2D eigenvalue weighted by molar-refractivity contribution is -0.154. The van der Waals surface area contributed by atoms with Crippen molar-refractivity contribution in [3.05, 3.63) is 52.6 Å². The molecule has 0 N–H and O–H groups in total. The summed E-state index contributed by atoms with van der Waals surface area (Å²) in [4.78, 5) is 26.5. The summed E-state index contributed by atoms with van der Waals surface area (Å²) in [6.07, 6.45) is 6.65. The summed E-state index contributed by atoms with van der Waals surface area (Å²) in [5.74, 6) is 0.693. The molecule has 1 atom stereocenters. The normalized spacial score (nSPS) is 11.8. The highest BCUT2D eigenvalue weighted by molar-refractivity contribution is 7.29. The van der Waals surface area contributed by atoms with E-state index in [9.17, 15) is 9.69 Å². The smallest absolute Gasteiger partial charge is 0.350 e. The van der Waals surface area contributed by atoms with Gasteiger partial charge in [0.2, 0.25) is 5.71 Å². The third-order valence-corrected chi connectivity index (χ3v) is 4.74. The van der Waals surface area contributed by atoms with Gasteiger partial charge in [0.25, 0.3) is 0 Å². The zero-order valence-corrected chi connectivity index (χ0v) is 16.4. The van der Waals surface area contributed by atoms with Gasteiger partial charge in [0, 0.05) is 18.1 Å². The lowest BCUT2D eigenvalue weighted by Crippen LogP contribution is -2.24. The summed E-state index contributed by atoms with van der Waals surface area (Å²) in [6, 6.07) is 10.2. The van der Waals surface area contributed by atoms with E-state index in [2.05, 4.69) is 24.0 Å². The Hall–Kier alpha value is -2.01. The van der Waals surface area contributed by atoms with Gasteiger partial charge >= 0.3 is 5.69 Å². The molecule has 2 heterocycles. The molecule has 0 aliphatic heterocycles. The van der Waals surface area contributed by atoms with E-state index < -0.39 is 8.81 Å². The minimum Gasteiger partial charge on any atom is -0.830 e. The van der Waals surface area contributed by atoms with Gasteiger partial charge < -0.3 is 14.0 Å². The van der Waals surface area contributed by atoms with Crippen molar-refractivity contribution < 1.29 is 14.0 Å². The van der Waals surface area contributed by atoms with Crippen LogP contribution in [0.25, 0.3) is 22.4 Å². The Morgan fingerprint density at radius 1 is 1.26 bits per heavy atom. The highest BCUT2D eigenvalue weighted by atomic mass is 31.1. The number of unbranched alkanes of at least 4 members (excludes halogenated alkanes) is 2. The molecule has 0 amide bonds. The van der Waals surface area contributed by atoms with Crippen LogP contribution in [0.2, 0.25) is 0 Å². The highest BCUT2D eigenvalue weighted by Gasteiger charge is 2.10. The van der Waals surface area contributed by atoms with E-state index in [1.54, 1.807) is 6.20 Å². The first kappa shape index (κ1) is 19.7. The van der Waals surface area contributed by atoms with Crippen molar-refractivity contribution in [2.75, 3.05) is 13.0 Å². The van der Waals surface area contributed by atoms with Gasteiger partial charge in [-0.25, -0.2) is 4.79 Å². The molecule has 6 nitrogen and oxygen atoms in total. The lowest BCUT2D eigenvalue weighted by atomic mass is 10.0. The Balaban J connectivity index is 1.75. The molecule has 0 fully saturated rings. The molecule has 7 heteroatoms. The monoisotopic (exact) mass is 387 g/mol. The van der Waals surface area contributed by atoms with E-state index in [0.29, 0.717) is 24.6 Å². The van der Waals surface area contributed by atoms with E-state index in [1.807, 2.05) is 18.2 Å². The molecule has 1 unspecified atom stereocenters. The zero-order valence-electron chi connectivity index (χ0n) is 15.4. The van der Waals surface area contributed by atoms with Crippen molar-refractivity contribution in [3.8, 4) is 11.3 Å². The van der Waals surface area contributed by atoms with Crippen molar-refractivity contribution in [2.45, 2.75) is 39.2 Å². The molecule has 3 rings (SSSR count). The second kappa shape index (κ2) is 9.79. The van der Waals surface area contributed by atoms with Crippen molar-refractivity contribution in [2.24, 2.45) is 0 Å². The van der Waals surface area contributed by atoms with Crippen LogP contribution in [0.4, 0.5) is 0 Å². The maximum Gasteiger partial charge on any atom is 0.350 e.